The fraction of sp³-hybridized carbons (Fsp3) is 0.769. The number of likely N-dealkylation sites (tertiary alicyclic amines) is 1. The molecule has 0 unspecified atom stereocenters. The van der Waals surface area contributed by atoms with Gasteiger partial charge in [-0.05, 0) is 25.8 Å². The summed E-state index contributed by atoms with van der Waals surface area (Å²) in [5, 5.41) is 5.32. The van der Waals surface area contributed by atoms with Crippen LogP contribution in [0.5, 0.6) is 0 Å². The SMILES string of the molecule is Cc1cc(CN2CCC(OCCBr)CC2)n(C)n1. The first kappa shape index (κ1) is 14.0. The van der Waals surface area contributed by atoms with Gasteiger partial charge in [0.25, 0.3) is 0 Å². The first-order valence-electron chi connectivity index (χ1n) is 6.58. The number of alkyl halides is 1. The minimum atomic E-state index is 0.451. The summed E-state index contributed by atoms with van der Waals surface area (Å²) in [4.78, 5) is 2.49. The molecule has 0 bridgehead atoms. The fourth-order valence-corrected chi connectivity index (χ4v) is 2.67. The van der Waals surface area contributed by atoms with Gasteiger partial charge in [-0.15, -0.1) is 0 Å². The number of piperidine rings is 1. The van der Waals surface area contributed by atoms with Gasteiger partial charge in [0, 0.05) is 32.0 Å². The van der Waals surface area contributed by atoms with Crippen molar-refractivity contribution in [2.45, 2.75) is 32.4 Å². The summed E-state index contributed by atoms with van der Waals surface area (Å²) in [5.74, 6) is 0. The van der Waals surface area contributed by atoms with Crippen molar-refractivity contribution < 1.29 is 4.74 Å². The number of aromatic nitrogens is 2. The molecule has 0 radical (unpaired) electrons. The molecule has 1 aromatic heterocycles. The van der Waals surface area contributed by atoms with Crippen LogP contribution in [-0.2, 0) is 18.3 Å². The van der Waals surface area contributed by atoms with E-state index in [1.807, 2.05) is 18.7 Å². The van der Waals surface area contributed by atoms with Crippen molar-refractivity contribution in [2.24, 2.45) is 7.05 Å². The number of hydrogen-bond acceptors (Lipinski definition) is 3. The molecule has 18 heavy (non-hydrogen) atoms. The third kappa shape index (κ3) is 3.80. The number of hydrogen-bond donors (Lipinski definition) is 0. The van der Waals surface area contributed by atoms with Crippen molar-refractivity contribution >= 4 is 15.9 Å². The summed E-state index contributed by atoms with van der Waals surface area (Å²) < 4.78 is 7.76. The van der Waals surface area contributed by atoms with E-state index in [1.165, 1.54) is 5.69 Å². The topological polar surface area (TPSA) is 30.3 Å². The van der Waals surface area contributed by atoms with E-state index in [1.54, 1.807) is 0 Å². The van der Waals surface area contributed by atoms with Gasteiger partial charge in [-0.2, -0.15) is 5.10 Å². The second kappa shape index (κ2) is 6.68. The van der Waals surface area contributed by atoms with Crippen molar-refractivity contribution in [1.29, 1.82) is 0 Å². The lowest BCUT2D eigenvalue weighted by Gasteiger charge is -2.31. The Morgan fingerprint density at radius 2 is 2.17 bits per heavy atom. The van der Waals surface area contributed by atoms with Crippen molar-refractivity contribution in [3.63, 3.8) is 0 Å². The standard InChI is InChI=1S/C13H22BrN3O/c1-11-9-12(16(2)15-11)10-17-6-3-13(4-7-17)18-8-5-14/h9,13H,3-8,10H2,1-2H3. The normalized spacial score (nSPS) is 18.4. The van der Waals surface area contributed by atoms with Gasteiger partial charge in [0.15, 0.2) is 0 Å². The average molecular weight is 316 g/mol. The summed E-state index contributed by atoms with van der Waals surface area (Å²) in [6.07, 6.45) is 2.74. The van der Waals surface area contributed by atoms with E-state index in [4.69, 9.17) is 4.74 Å². The van der Waals surface area contributed by atoms with E-state index in [9.17, 15) is 0 Å². The van der Waals surface area contributed by atoms with Crippen LogP contribution in [0, 0.1) is 6.92 Å². The molecule has 102 valence electrons. The highest BCUT2D eigenvalue weighted by molar-refractivity contribution is 9.09. The van der Waals surface area contributed by atoms with Crippen molar-refractivity contribution in [1.82, 2.24) is 14.7 Å². The first-order valence-corrected chi connectivity index (χ1v) is 7.70. The second-order valence-electron chi connectivity index (χ2n) is 4.94. The van der Waals surface area contributed by atoms with E-state index >= 15 is 0 Å². The molecule has 1 aliphatic rings. The summed E-state index contributed by atoms with van der Waals surface area (Å²) in [5.41, 5.74) is 2.40. The van der Waals surface area contributed by atoms with Crippen LogP contribution in [0.3, 0.4) is 0 Å². The van der Waals surface area contributed by atoms with Gasteiger partial charge in [0.05, 0.1) is 24.1 Å². The first-order chi connectivity index (χ1) is 8.69. The lowest BCUT2D eigenvalue weighted by molar-refractivity contribution is 0.0137. The highest BCUT2D eigenvalue weighted by Crippen LogP contribution is 2.16. The minimum absolute atomic E-state index is 0.451. The molecule has 1 fully saturated rings. The molecule has 0 atom stereocenters. The van der Waals surface area contributed by atoms with E-state index in [0.717, 1.165) is 50.1 Å². The third-order valence-electron chi connectivity index (χ3n) is 3.45. The van der Waals surface area contributed by atoms with Gasteiger partial charge < -0.3 is 4.74 Å². The molecule has 0 amide bonds. The highest BCUT2D eigenvalue weighted by atomic mass is 79.9. The number of ether oxygens (including phenoxy) is 1. The minimum Gasteiger partial charge on any atom is -0.377 e. The Balaban J connectivity index is 1.78. The molecule has 2 rings (SSSR count). The van der Waals surface area contributed by atoms with Gasteiger partial charge >= 0.3 is 0 Å². The Hall–Kier alpha value is -0.390. The van der Waals surface area contributed by atoms with Crippen LogP contribution in [-0.4, -0.2) is 45.8 Å². The predicted octanol–water partition coefficient (Wildman–Crippen LogP) is 2.10. The van der Waals surface area contributed by atoms with E-state index in [0.29, 0.717) is 6.10 Å². The Morgan fingerprint density at radius 3 is 2.72 bits per heavy atom. The molecule has 0 aromatic carbocycles. The van der Waals surface area contributed by atoms with Crippen LogP contribution in [0.4, 0.5) is 0 Å². The number of halogens is 1. The average Bonchev–Trinajstić information content (AvgIpc) is 2.67. The molecule has 0 spiro atoms. The van der Waals surface area contributed by atoms with Crippen LogP contribution in [0.15, 0.2) is 6.07 Å². The van der Waals surface area contributed by atoms with Crippen molar-refractivity contribution in [2.75, 3.05) is 25.0 Å². The monoisotopic (exact) mass is 315 g/mol. The lowest BCUT2D eigenvalue weighted by atomic mass is 10.1. The highest BCUT2D eigenvalue weighted by Gasteiger charge is 2.20. The zero-order valence-electron chi connectivity index (χ0n) is 11.2. The summed E-state index contributed by atoms with van der Waals surface area (Å²) in [6.45, 7) is 6.12. The van der Waals surface area contributed by atoms with Gasteiger partial charge in [-0.1, -0.05) is 15.9 Å². The summed E-state index contributed by atoms with van der Waals surface area (Å²) in [7, 11) is 2.02. The van der Waals surface area contributed by atoms with E-state index in [2.05, 4.69) is 32.0 Å². The summed E-state index contributed by atoms with van der Waals surface area (Å²) in [6, 6.07) is 2.17. The van der Waals surface area contributed by atoms with Gasteiger partial charge in [0.1, 0.15) is 0 Å². The Bertz CT molecular complexity index is 372. The molecule has 2 heterocycles. The van der Waals surface area contributed by atoms with Gasteiger partial charge in [-0.25, -0.2) is 0 Å². The smallest absolute Gasteiger partial charge is 0.0599 e. The van der Waals surface area contributed by atoms with Crippen LogP contribution in [0.2, 0.25) is 0 Å². The Kier molecular flexibility index (Phi) is 5.21. The molecule has 5 heteroatoms. The van der Waals surface area contributed by atoms with Crippen LogP contribution < -0.4 is 0 Å². The maximum Gasteiger partial charge on any atom is 0.0599 e. The Labute approximate surface area is 117 Å². The largest absolute Gasteiger partial charge is 0.377 e. The zero-order valence-corrected chi connectivity index (χ0v) is 12.8. The van der Waals surface area contributed by atoms with E-state index < -0.39 is 0 Å². The van der Waals surface area contributed by atoms with Crippen molar-refractivity contribution in [3.8, 4) is 0 Å². The zero-order chi connectivity index (χ0) is 13.0. The maximum absolute atomic E-state index is 5.77. The molecule has 1 aliphatic heterocycles. The van der Waals surface area contributed by atoms with Crippen molar-refractivity contribution in [3.05, 3.63) is 17.5 Å². The molecule has 0 aliphatic carbocycles. The fourth-order valence-electron chi connectivity index (χ4n) is 2.49. The molecule has 0 saturated carbocycles. The molecule has 4 nitrogen and oxygen atoms in total. The maximum atomic E-state index is 5.77. The third-order valence-corrected chi connectivity index (χ3v) is 3.77. The Morgan fingerprint density at radius 1 is 1.44 bits per heavy atom. The van der Waals surface area contributed by atoms with E-state index in [-0.39, 0.29) is 0 Å². The molecular weight excluding hydrogens is 294 g/mol. The molecule has 1 saturated heterocycles. The molecule has 1 aromatic rings. The molecular formula is C13H22BrN3O. The van der Waals surface area contributed by atoms with Gasteiger partial charge in [0.2, 0.25) is 0 Å². The number of rotatable bonds is 5. The lowest BCUT2D eigenvalue weighted by Crippen LogP contribution is -2.37. The summed E-state index contributed by atoms with van der Waals surface area (Å²) >= 11 is 3.40. The van der Waals surface area contributed by atoms with Gasteiger partial charge in [-0.3, -0.25) is 9.58 Å². The van der Waals surface area contributed by atoms with Crippen LogP contribution >= 0.6 is 15.9 Å². The number of aryl methyl sites for hydroxylation is 2. The van der Waals surface area contributed by atoms with Crippen LogP contribution in [0.1, 0.15) is 24.2 Å². The predicted molar refractivity (Wildman–Crippen MR) is 76.0 cm³/mol. The quantitative estimate of drug-likeness (QED) is 0.780. The number of nitrogens with zero attached hydrogens (tertiary/aromatic N) is 3. The van der Waals surface area contributed by atoms with Crippen LogP contribution in [0.25, 0.3) is 0 Å². The molecule has 0 N–H and O–H groups in total. The second-order valence-corrected chi connectivity index (χ2v) is 5.73.